The highest BCUT2D eigenvalue weighted by molar-refractivity contribution is 6.31. The lowest BCUT2D eigenvalue weighted by Gasteiger charge is -2.05. The molecule has 0 aliphatic heterocycles. The Labute approximate surface area is 192 Å². The van der Waals surface area contributed by atoms with Crippen LogP contribution in [0.3, 0.4) is 0 Å². The van der Waals surface area contributed by atoms with Gasteiger partial charge >= 0.3 is 0 Å². The summed E-state index contributed by atoms with van der Waals surface area (Å²) in [4.78, 5) is 16.8. The largest absolute Gasteiger partial charge is 0.399 e. The van der Waals surface area contributed by atoms with Gasteiger partial charge in [-0.15, -0.1) is 0 Å². The van der Waals surface area contributed by atoms with Gasteiger partial charge in [-0.05, 0) is 54.8 Å². The van der Waals surface area contributed by atoms with Crippen LogP contribution in [0, 0.1) is 18.8 Å². The van der Waals surface area contributed by atoms with Crippen molar-refractivity contribution in [3.8, 4) is 11.8 Å². The lowest BCUT2D eigenvalue weighted by molar-refractivity contribution is 0.0983. The SMILES string of the molecule is Cc1cc(CCC(=O)c2ccc(C#Cc3c(N)ncc4ccc(Cl)cc34)cc2)ccc1N. The number of carbonyl (C=O) groups is 1. The van der Waals surface area contributed by atoms with E-state index < -0.39 is 0 Å². The van der Waals surface area contributed by atoms with Crippen molar-refractivity contribution in [3.05, 3.63) is 99.7 Å². The van der Waals surface area contributed by atoms with Gasteiger partial charge in [-0.25, -0.2) is 4.98 Å². The number of halogens is 1. The first-order valence-corrected chi connectivity index (χ1v) is 10.6. The van der Waals surface area contributed by atoms with E-state index in [9.17, 15) is 4.79 Å². The summed E-state index contributed by atoms with van der Waals surface area (Å²) in [5.41, 5.74) is 16.9. The zero-order valence-corrected chi connectivity index (χ0v) is 18.4. The van der Waals surface area contributed by atoms with Gasteiger partial charge < -0.3 is 11.5 Å². The van der Waals surface area contributed by atoms with Crippen LogP contribution in [0.4, 0.5) is 11.5 Å². The summed E-state index contributed by atoms with van der Waals surface area (Å²) < 4.78 is 0. The maximum absolute atomic E-state index is 12.6. The lowest BCUT2D eigenvalue weighted by Crippen LogP contribution is -2.02. The number of Topliss-reactive ketones (excluding diaryl/α,β-unsaturated/α-hetero) is 1. The third kappa shape index (κ3) is 4.74. The summed E-state index contributed by atoms with van der Waals surface area (Å²) in [5.74, 6) is 6.68. The number of pyridine rings is 1. The summed E-state index contributed by atoms with van der Waals surface area (Å²) >= 11 is 6.14. The molecular formula is C27H22ClN3O. The molecule has 4 rings (SSSR count). The number of nitrogens with two attached hydrogens (primary N) is 2. The van der Waals surface area contributed by atoms with Crippen molar-refractivity contribution in [1.82, 2.24) is 4.98 Å². The molecule has 0 unspecified atom stereocenters. The zero-order valence-electron chi connectivity index (χ0n) is 17.7. The molecule has 0 radical (unpaired) electrons. The minimum absolute atomic E-state index is 0.0936. The second-order valence-electron chi connectivity index (χ2n) is 7.69. The van der Waals surface area contributed by atoms with Crippen molar-refractivity contribution in [1.29, 1.82) is 0 Å². The Kier molecular flexibility index (Phi) is 6.11. The van der Waals surface area contributed by atoms with E-state index in [1.165, 1.54) is 0 Å². The highest BCUT2D eigenvalue weighted by Crippen LogP contribution is 2.25. The van der Waals surface area contributed by atoms with Crippen LogP contribution >= 0.6 is 11.6 Å². The van der Waals surface area contributed by atoms with Crippen molar-refractivity contribution in [3.63, 3.8) is 0 Å². The average Bonchev–Trinajstić information content (AvgIpc) is 2.79. The number of ketones is 1. The highest BCUT2D eigenvalue weighted by Gasteiger charge is 2.08. The van der Waals surface area contributed by atoms with Gasteiger partial charge in [-0.3, -0.25) is 4.79 Å². The molecule has 32 heavy (non-hydrogen) atoms. The molecule has 0 saturated heterocycles. The van der Waals surface area contributed by atoms with Crippen LogP contribution in [-0.2, 0) is 6.42 Å². The van der Waals surface area contributed by atoms with E-state index in [0.29, 0.717) is 34.8 Å². The number of aromatic nitrogens is 1. The monoisotopic (exact) mass is 439 g/mol. The van der Waals surface area contributed by atoms with Gasteiger partial charge in [0, 0.05) is 45.2 Å². The van der Waals surface area contributed by atoms with Gasteiger partial charge in [0.25, 0.3) is 0 Å². The van der Waals surface area contributed by atoms with E-state index in [-0.39, 0.29) is 5.78 Å². The number of anilines is 2. The number of carbonyl (C=O) groups excluding carboxylic acids is 1. The number of hydrogen-bond acceptors (Lipinski definition) is 4. The van der Waals surface area contributed by atoms with Crippen molar-refractivity contribution in [2.75, 3.05) is 11.5 Å². The van der Waals surface area contributed by atoms with Gasteiger partial charge in [-0.2, -0.15) is 0 Å². The van der Waals surface area contributed by atoms with Gasteiger partial charge in [0.2, 0.25) is 0 Å². The van der Waals surface area contributed by atoms with E-state index in [1.54, 1.807) is 6.20 Å². The van der Waals surface area contributed by atoms with Crippen LogP contribution in [0.5, 0.6) is 0 Å². The average molecular weight is 440 g/mol. The van der Waals surface area contributed by atoms with Crippen molar-refractivity contribution in [2.24, 2.45) is 0 Å². The fraction of sp³-hybridized carbons (Fsp3) is 0.111. The number of hydrogen-bond donors (Lipinski definition) is 2. The standard InChI is InChI=1S/C27H22ClN3O/c1-17-14-19(5-12-25(17)29)6-13-26(32)20-7-2-18(3-8-20)4-11-23-24-15-22(28)10-9-21(24)16-31-27(23)30/h2-3,5,7-10,12,14-16H,6,13,29H2,1H3,(H2,30,31). The second-order valence-corrected chi connectivity index (χ2v) is 8.13. The second kappa shape index (κ2) is 9.13. The molecule has 0 bridgehead atoms. The van der Waals surface area contributed by atoms with Crippen LogP contribution in [0.1, 0.15) is 39.0 Å². The van der Waals surface area contributed by atoms with E-state index >= 15 is 0 Å². The van der Waals surface area contributed by atoms with E-state index in [2.05, 4.69) is 16.8 Å². The Bertz CT molecular complexity index is 1380. The zero-order chi connectivity index (χ0) is 22.7. The van der Waals surface area contributed by atoms with Crippen LogP contribution in [0.15, 0.2) is 66.9 Å². The van der Waals surface area contributed by atoms with Crippen molar-refractivity contribution >= 4 is 39.7 Å². The Morgan fingerprint density at radius 3 is 2.53 bits per heavy atom. The van der Waals surface area contributed by atoms with Crippen LogP contribution in [-0.4, -0.2) is 10.8 Å². The Balaban J connectivity index is 1.49. The first-order chi connectivity index (χ1) is 15.4. The molecule has 0 atom stereocenters. The molecule has 3 aromatic carbocycles. The minimum atomic E-state index is 0.0936. The van der Waals surface area contributed by atoms with E-state index in [4.69, 9.17) is 23.1 Å². The van der Waals surface area contributed by atoms with Crippen molar-refractivity contribution < 1.29 is 4.79 Å². The fourth-order valence-corrected chi connectivity index (χ4v) is 3.67. The Morgan fingerprint density at radius 1 is 1.00 bits per heavy atom. The maximum Gasteiger partial charge on any atom is 0.163 e. The third-order valence-corrected chi connectivity index (χ3v) is 5.63. The molecule has 0 amide bonds. The Hall–Kier alpha value is -3.81. The van der Waals surface area contributed by atoms with Crippen LogP contribution in [0.25, 0.3) is 10.8 Å². The van der Waals surface area contributed by atoms with Crippen LogP contribution < -0.4 is 11.5 Å². The van der Waals surface area contributed by atoms with E-state index in [1.807, 2.05) is 67.6 Å². The van der Waals surface area contributed by atoms with Crippen molar-refractivity contribution in [2.45, 2.75) is 19.8 Å². The molecule has 5 heteroatoms. The smallest absolute Gasteiger partial charge is 0.163 e. The first-order valence-electron chi connectivity index (χ1n) is 10.2. The highest BCUT2D eigenvalue weighted by atomic mass is 35.5. The minimum Gasteiger partial charge on any atom is -0.399 e. The van der Waals surface area contributed by atoms with Crippen LogP contribution in [0.2, 0.25) is 5.02 Å². The molecule has 0 spiro atoms. The molecule has 0 saturated carbocycles. The summed E-state index contributed by atoms with van der Waals surface area (Å²) in [6, 6.07) is 18.7. The van der Waals surface area contributed by atoms with Gasteiger partial charge in [0.15, 0.2) is 5.78 Å². The Morgan fingerprint density at radius 2 is 1.78 bits per heavy atom. The molecule has 4 nitrogen and oxygen atoms in total. The number of aryl methyl sites for hydroxylation is 2. The third-order valence-electron chi connectivity index (χ3n) is 5.40. The molecular weight excluding hydrogens is 418 g/mol. The predicted molar refractivity (Wildman–Crippen MR) is 132 cm³/mol. The molecule has 0 fully saturated rings. The number of nitrogens with zero attached hydrogens (tertiary/aromatic N) is 1. The molecule has 4 aromatic rings. The predicted octanol–water partition coefficient (Wildman–Crippen LogP) is 5.58. The molecule has 0 aliphatic rings. The van der Waals surface area contributed by atoms with E-state index in [0.717, 1.165) is 33.2 Å². The van der Waals surface area contributed by atoms with Gasteiger partial charge in [0.05, 0.1) is 5.56 Å². The van der Waals surface area contributed by atoms with Gasteiger partial charge in [0.1, 0.15) is 5.82 Å². The maximum atomic E-state index is 12.6. The molecule has 0 aliphatic carbocycles. The topological polar surface area (TPSA) is 82.0 Å². The molecule has 1 aromatic heterocycles. The number of fused-ring (bicyclic) bond motifs is 1. The molecule has 1 heterocycles. The summed E-state index contributed by atoms with van der Waals surface area (Å²) in [7, 11) is 0. The lowest BCUT2D eigenvalue weighted by atomic mass is 10.0. The summed E-state index contributed by atoms with van der Waals surface area (Å²) in [6.45, 7) is 1.97. The fourth-order valence-electron chi connectivity index (χ4n) is 3.50. The molecule has 158 valence electrons. The normalized spacial score (nSPS) is 10.6. The number of rotatable bonds is 4. The number of nitrogen functional groups attached to an aromatic ring is 2. The van der Waals surface area contributed by atoms with Gasteiger partial charge in [-0.1, -0.05) is 53.8 Å². The molecule has 4 N–H and O–H groups in total. The summed E-state index contributed by atoms with van der Waals surface area (Å²) in [6.07, 6.45) is 2.82. The quantitative estimate of drug-likeness (QED) is 0.247. The summed E-state index contributed by atoms with van der Waals surface area (Å²) in [5, 5.41) is 2.40. The first kappa shape index (κ1) is 21.4. The number of benzene rings is 3.